The fourth-order valence-corrected chi connectivity index (χ4v) is 3.60. The van der Waals surface area contributed by atoms with Crippen LogP contribution in [0.15, 0.2) is 48.5 Å². The molecular formula is C22H25N. The molecule has 0 radical (unpaired) electrons. The highest BCUT2D eigenvalue weighted by molar-refractivity contribution is 5.64. The van der Waals surface area contributed by atoms with Crippen LogP contribution in [0.4, 0.5) is 0 Å². The molecule has 0 aliphatic heterocycles. The summed E-state index contributed by atoms with van der Waals surface area (Å²) in [5.74, 6) is 1.02. The summed E-state index contributed by atoms with van der Waals surface area (Å²) < 4.78 is 25.5. The van der Waals surface area contributed by atoms with E-state index in [0.29, 0.717) is 17.2 Å². The molecule has 0 atom stereocenters. The van der Waals surface area contributed by atoms with Gasteiger partial charge in [-0.2, -0.15) is 5.26 Å². The van der Waals surface area contributed by atoms with Gasteiger partial charge in [-0.25, -0.2) is 0 Å². The van der Waals surface area contributed by atoms with Gasteiger partial charge < -0.3 is 0 Å². The average molecular weight is 306 g/mol. The van der Waals surface area contributed by atoms with Crippen molar-refractivity contribution in [3.8, 4) is 17.2 Å². The zero-order valence-electron chi connectivity index (χ0n) is 16.7. The first-order chi connectivity index (χ1) is 12.5. The Morgan fingerprint density at radius 1 is 1.00 bits per heavy atom. The van der Waals surface area contributed by atoms with Crippen molar-refractivity contribution in [2.45, 2.75) is 51.4 Å². The maximum absolute atomic E-state index is 8.93. The highest BCUT2D eigenvalue weighted by atomic mass is 14.3. The maximum Gasteiger partial charge on any atom is 0.0991 e. The van der Waals surface area contributed by atoms with Gasteiger partial charge in [-0.1, -0.05) is 56.1 Å². The topological polar surface area (TPSA) is 23.8 Å². The summed E-state index contributed by atoms with van der Waals surface area (Å²) in [6.45, 7) is 2.23. The van der Waals surface area contributed by atoms with E-state index in [1.807, 2.05) is 0 Å². The summed E-state index contributed by atoms with van der Waals surface area (Å²) in [6, 6.07) is 11.6. The first kappa shape index (κ1) is 12.4. The van der Waals surface area contributed by atoms with Crippen molar-refractivity contribution in [2.75, 3.05) is 0 Å². The molecule has 0 saturated heterocycles. The van der Waals surface area contributed by atoms with Crippen LogP contribution in [0.2, 0.25) is 0 Å². The number of nitriles is 1. The summed E-state index contributed by atoms with van der Waals surface area (Å²) >= 11 is 0. The van der Waals surface area contributed by atoms with E-state index in [9.17, 15) is 0 Å². The molecule has 0 heterocycles. The van der Waals surface area contributed by atoms with E-state index in [0.717, 1.165) is 29.9 Å². The van der Waals surface area contributed by atoms with Crippen molar-refractivity contribution in [3.05, 3.63) is 59.6 Å². The van der Waals surface area contributed by atoms with Gasteiger partial charge in [0.2, 0.25) is 0 Å². The Balaban J connectivity index is 1.90. The molecule has 0 bridgehead atoms. The Labute approximate surface area is 144 Å². The van der Waals surface area contributed by atoms with Gasteiger partial charge in [-0.3, -0.25) is 0 Å². The number of rotatable bonds is 4. The summed E-state index contributed by atoms with van der Waals surface area (Å²) in [4.78, 5) is 0. The van der Waals surface area contributed by atoms with Gasteiger partial charge in [-0.05, 0) is 66.3 Å². The lowest BCUT2D eigenvalue weighted by Crippen LogP contribution is -2.13. The van der Waals surface area contributed by atoms with E-state index in [4.69, 9.17) is 9.37 Å². The first-order valence-corrected chi connectivity index (χ1v) is 8.66. The van der Waals surface area contributed by atoms with Crippen molar-refractivity contribution in [2.24, 2.45) is 5.92 Å². The lowest BCUT2D eigenvalue weighted by molar-refractivity contribution is 0.308. The van der Waals surface area contributed by atoms with Gasteiger partial charge in [0.25, 0.3) is 0 Å². The van der Waals surface area contributed by atoms with Crippen LogP contribution in [0.25, 0.3) is 11.1 Å². The smallest absolute Gasteiger partial charge is 0.0991 e. The summed E-state index contributed by atoms with van der Waals surface area (Å²) in [5, 5.41) is 8.93. The number of benzene rings is 2. The van der Waals surface area contributed by atoms with Gasteiger partial charge in [0.05, 0.1) is 15.7 Å². The largest absolute Gasteiger partial charge is 0.192 e. The maximum atomic E-state index is 8.93. The van der Waals surface area contributed by atoms with E-state index in [2.05, 4.69) is 13.0 Å². The lowest BCUT2D eigenvalue weighted by Gasteiger charge is -2.28. The predicted octanol–water partition coefficient (Wildman–Crippen LogP) is 6.30. The van der Waals surface area contributed by atoms with Gasteiger partial charge >= 0.3 is 0 Å². The zero-order valence-corrected chi connectivity index (χ0v) is 13.7. The van der Waals surface area contributed by atoms with Gasteiger partial charge in [-0.15, -0.1) is 0 Å². The fourth-order valence-electron chi connectivity index (χ4n) is 3.60. The van der Waals surface area contributed by atoms with Crippen LogP contribution in [0.5, 0.6) is 0 Å². The summed E-state index contributed by atoms with van der Waals surface area (Å²) in [7, 11) is 0. The minimum Gasteiger partial charge on any atom is -0.192 e. The molecule has 1 aliphatic carbocycles. The Bertz CT molecular complexity index is 813. The molecule has 3 rings (SSSR count). The molecule has 0 amide bonds. The number of hydrogen-bond donors (Lipinski definition) is 0. The lowest BCUT2D eigenvalue weighted by atomic mass is 9.77. The Morgan fingerprint density at radius 3 is 2.39 bits per heavy atom. The molecule has 2 aromatic rings. The molecule has 2 aromatic carbocycles. The molecular weight excluding hydrogens is 278 g/mol. The predicted molar refractivity (Wildman–Crippen MR) is 96.2 cm³/mol. The second kappa shape index (κ2) is 7.47. The molecule has 1 fully saturated rings. The highest BCUT2D eigenvalue weighted by Crippen LogP contribution is 2.37. The van der Waals surface area contributed by atoms with Crippen molar-refractivity contribution in [1.82, 2.24) is 0 Å². The van der Waals surface area contributed by atoms with Crippen LogP contribution in [0.1, 0.15) is 66.6 Å². The zero-order chi connectivity index (χ0) is 18.7. The molecule has 23 heavy (non-hydrogen) atoms. The van der Waals surface area contributed by atoms with E-state index in [-0.39, 0.29) is 18.0 Å². The van der Waals surface area contributed by atoms with Crippen molar-refractivity contribution in [3.63, 3.8) is 0 Å². The van der Waals surface area contributed by atoms with Gasteiger partial charge in [0.15, 0.2) is 0 Å². The fraction of sp³-hybridized carbons (Fsp3) is 0.409. The van der Waals surface area contributed by atoms with Crippen LogP contribution in [-0.4, -0.2) is 0 Å². The molecule has 1 heteroatoms. The standard InChI is InChI=1S/C22H25N/c1-2-3-17-4-8-19(9-5-17)21-12-14-22(15-13-21)20-10-6-18(16-23)7-11-20/h6-7,10-15,17,19H,2-5,8-9H2,1H3/i12D,13D,14D. The van der Waals surface area contributed by atoms with Crippen LogP contribution < -0.4 is 0 Å². The number of hydrogen-bond acceptors (Lipinski definition) is 1. The molecule has 0 unspecified atom stereocenters. The Kier molecular flexibility index (Phi) is 4.01. The van der Waals surface area contributed by atoms with E-state index in [1.165, 1.54) is 25.7 Å². The van der Waals surface area contributed by atoms with Crippen LogP contribution in [-0.2, 0) is 0 Å². The molecule has 0 spiro atoms. The number of nitrogens with zero attached hydrogens (tertiary/aromatic N) is 1. The minimum atomic E-state index is 0.191. The molecule has 1 nitrogen and oxygen atoms in total. The van der Waals surface area contributed by atoms with Gasteiger partial charge in [0.1, 0.15) is 0 Å². The SMILES string of the molecule is [2H]c1cc(-c2ccc(C#N)cc2)c([2H])c([2H])c1C1CCC(CCC)CC1. The molecule has 1 saturated carbocycles. The van der Waals surface area contributed by atoms with Gasteiger partial charge in [0, 0.05) is 0 Å². The van der Waals surface area contributed by atoms with Crippen molar-refractivity contribution in [1.29, 1.82) is 5.26 Å². The average Bonchev–Trinajstić information content (AvgIpc) is 2.66. The monoisotopic (exact) mass is 306 g/mol. The molecule has 118 valence electrons. The van der Waals surface area contributed by atoms with E-state index in [1.54, 1.807) is 30.3 Å². The molecule has 1 aliphatic rings. The second-order valence-electron chi connectivity index (χ2n) is 6.56. The second-order valence-corrected chi connectivity index (χ2v) is 6.56. The third-order valence-corrected chi connectivity index (χ3v) is 4.98. The Hall–Kier alpha value is -2.07. The highest BCUT2D eigenvalue weighted by Gasteiger charge is 2.21. The molecule has 0 aromatic heterocycles. The minimum absolute atomic E-state index is 0.191. The first-order valence-electron chi connectivity index (χ1n) is 10.2. The van der Waals surface area contributed by atoms with E-state index >= 15 is 0 Å². The van der Waals surface area contributed by atoms with Crippen LogP contribution >= 0.6 is 0 Å². The molecule has 0 N–H and O–H groups in total. The van der Waals surface area contributed by atoms with Crippen LogP contribution in [0.3, 0.4) is 0 Å². The normalized spacial score (nSPS) is 22.7. The summed E-state index contributed by atoms with van der Waals surface area (Å²) in [5.41, 5.74) is 2.71. The quantitative estimate of drug-likeness (QED) is 0.650. The van der Waals surface area contributed by atoms with Crippen LogP contribution in [0, 0.1) is 17.2 Å². The van der Waals surface area contributed by atoms with Crippen molar-refractivity contribution < 1.29 is 4.11 Å². The van der Waals surface area contributed by atoms with Crippen molar-refractivity contribution >= 4 is 0 Å². The third kappa shape index (κ3) is 3.82. The summed E-state index contributed by atoms with van der Waals surface area (Å²) in [6.07, 6.45) is 6.88. The Morgan fingerprint density at radius 2 is 1.74 bits per heavy atom. The third-order valence-electron chi connectivity index (χ3n) is 4.98. The van der Waals surface area contributed by atoms with E-state index < -0.39 is 0 Å².